The Balaban J connectivity index is 1.68. The number of nitro benzene ring substituents is 2. The Labute approximate surface area is 205 Å². The molecule has 0 N–H and O–H groups in total. The Hall–Kier alpha value is -4.36. The third kappa shape index (κ3) is 5.16. The summed E-state index contributed by atoms with van der Waals surface area (Å²) in [5.74, 6) is 0.333. The molecule has 0 aliphatic rings. The highest BCUT2D eigenvalue weighted by atomic mass is 32.2. The summed E-state index contributed by atoms with van der Waals surface area (Å²) < 4.78 is 35.2. The molecule has 0 saturated heterocycles. The fraction of sp³-hybridized carbons (Fsp3) is 0.174. The summed E-state index contributed by atoms with van der Waals surface area (Å²) in [4.78, 5) is 20.3. The number of non-ortho nitro benzene ring substituents is 1. The van der Waals surface area contributed by atoms with Crippen molar-refractivity contribution >= 4 is 21.4 Å². The van der Waals surface area contributed by atoms with Gasteiger partial charge in [0.2, 0.25) is 10.0 Å². The molecule has 0 radical (unpaired) electrons. The number of furan rings is 1. The molecule has 0 spiro atoms. The molecule has 4 rings (SSSR count). The molecule has 12 nitrogen and oxygen atoms in total. The molecule has 186 valence electrons. The van der Waals surface area contributed by atoms with Crippen LogP contribution in [0.3, 0.4) is 0 Å². The molecule has 13 heteroatoms. The lowest BCUT2D eigenvalue weighted by molar-refractivity contribution is -0.396. The number of nitro groups is 2. The van der Waals surface area contributed by atoms with Crippen molar-refractivity contribution in [3.05, 3.63) is 110 Å². The molecule has 0 saturated carbocycles. The van der Waals surface area contributed by atoms with Crippen LogP contribution in [0.4, 0.5) is 11.4 Å². The van der Waals surface area contributed by atoms with Gasteiger partial charge in [0.05, 0.1) is 40.1 Å². The zero-order valence-corrected chi connectivity index (χ0v) is 19.9. The fourth-order valence-electron chi connectivity index (χ4n) is 3.68. The van der Waals surface area contributed by atoms with Crippen LogP contribution in [0.2, 0.25) is 0 Å². The molecule has 2 aromatic carbocycles. The largest absolute Gasteiger partial charge is 0.468 e. The summed E-state index contributed by atoms with van der Waals surface area (Å²) in [5, 5.41) is 27.2. The first-order chi connectivity index (χ1) is 17.2. The van der Waals surface area contributed by atoms with Crippen molar-refractivity contribution in [3.63, 3.8) is 0 Å². The van der Waals surface area contributed by atoms with Crippen molar-refractivity contribution in [3.8, 4) is 5.69 Å². The van der Waals surface area contributed by atoms with Crippen LogP contribution in [0.25, 0.3) is 5.69 Å². The predicted molar refractivity (Wildman–Crippen MR) is 128 cm³/mol. The van der Waals surface area contributed by atoms with E-state index in [1.54, 1.807) is 29.9 Å². The van der Waals surface area contributed by atoms with E-state index in [2.05, 4.69) is 5.10 Å². The van der Waals surface area contributed by atoms with E-state index in [-0.39, 0.29) is 19.5 Å². The minimum Gasteiger partial charge on any atom is -0.468 e. The zero-order valence-electron chi connectivity index (χ0n) is 19.1. The molecule has 0 unspecified atom stereocenters. The van der Waals surface area contributed by atoms with Gasteiger partial charge in [0.15, 0.2) is 4.90 Å². The van der Waals surface area contributed by atoms with E-state index in [4.69, 9.17) is 4.42 Å². The molecule has 2 aromatic heterocycles. The minimum absolute atomic E-state index is 0.0432. The molecule has 0 aliphatic carbocycles. The maximum atomic E-state index is 13.6. The number of hydrogen-bond donors (Lipinski definition) is 0. The smallest absolute Gasteiger partial charge is 0.296 e. The summed E-state index contributed by atoms with van der Waals surface area (Å²) in [7, 11) is -4.44. The van der Waals surface area contributed by atoms with Crippen LogP contribution in [0.1, 0.15) is 17.0 Å². The quantitative estimate of drug-likeness (QED) is 0.228. The first-order valence-electron chi connectivity index (χ1n) is 10.7. The predicted octanol–water partition coefficient (Wildman–Crippen LogP) is 4.02. The van der Waals surface area contributed by atoms with E-state index in [1.807, 2.05) is 30.3 Å². The monoisotopic (exact) mass is 511 g/mol. The highest BCUT2D eigenvalue weighted by molar-refractivity contribution is 7.89. The Morgan fingerprint density at radius 2 is 1.78 bits per heavy atom. The van der Waals surface area contributed by atoms with Crippen molar-refractivity contribution in [2.45, 2.75) is 24.8 Å². The lowest BCUT2D eigenvalue weighted by Crippen LogP contribution is -2.33. The molecule has 36 heavy (non-hydrogen) atoms. The first-order valence-corrected chi connectivity index (χ1v) is 12.2. The number of rotatable bonds is 10. The van der Waals surface area contributed by atoms with Crippen LogP contribution in [0, 0.1) is 27.2 Å². The molecular weight excluding hydrogens is 490 g/mol. The Morgan fingerprint density at radius 3 is 2.42 bits per heavy atom. The molecular formula is C23H21N5O7S. The van der Waals surface area contributed by atoms with E-state index in [0.29, 0.717) is 17.5 Å². The number of benzene rings is 2. The number of nitrogens with zero attached hydrogens (tertiary/aromatic N) is 5. The van der Waals surface area contributed by atoms with Crippen molar-refractivity contribution < 1.29 is 22.7 Å². The highest BCUT2D eigenvalue weighted by Crippen LogP contribution is 2.31. The third-order valence-corrected chi connectivity index (χ3v) is 7.42. The molecule has 0 aliphatic heterocycles. The Morgan fingerprint density at radius 1 is 1.03 bits per heavy atom. The summed E-state index contributed by atoms with van der Waals surface area (Å²) in [6.07, 6.45) is 3.46. The topological polar surface area (TPSA) is 155 Å². The van der Waals surface area contributed by atoms with E-state index in [0.717, 1.165) is 27.7 Å². The van der Waals surface area contributed by atoms with Gasteiger partial charge in [0, 0.05) is 18.8 Å². The summed E-state index contributed by atoms with van der Waals surface area (Å²) in [6.45, 7) is 1.58. The standard InChI is InChI=1S/C23H21N5O7S/c1-17-18(15-26(24-17)19-6-3-2-4-7-19)11-12-25(16-21-8-5-13-35-21)36(33,34)23-10-9-20(27(29)30)14-22(23)28(31)32/h2-10,13-15H,11-12,16H2,1H3. The number of aromatic nitrogens is 2. The molecule has 0 atom stereocenters. The van der Waals surface area contributed by atoms with Gasteiger partial charge in [0.1, 0.15) is 5.76 Å². The second-order valence-electron chi connectivity index (χ2n) is 7.85. The van der Waals surface area contributed by atoms with Crippen LogP contribution in [-0.4, -0.2) is 38.9 Å². The van der Waals surface area contributed by atoms with Gasteiger partial charge in [0.25, 0.3) is 11.4 Å². The zero-order chi connectivity index (χ0) is 25.9. The van der Waals surface area contributed by atoms with Gasteiger partial charge < -0.3 is 4.42 Å². The normalized spacial score (nSPS) is 11.6. The van der Waals surface area contributed by atoms with Gasteiger partial charge in [-0.3, -0.25) is 20.2 Å². The Kier molecular flexibility index (Phi) is 6.94. The molecule has 0 bridgehead atoms. The maximum absolute atomic E-state index is 13.6. The summed E-state index contributed by atoms with van der Waals surface area (Å²) in [6, 6.07) is 15.1. The average Bonchev–Trinajstić information content (AvgIpc) is 3.51. The van der Waals surface area contributed by atoms with Crippen molar-refractivity contribution in [1.82, 2.24) is 14.1 Å². The van der Waals surface area contributed by atoms with Gasteiger partial charge in [-0.05, 0) is 49.2 Å². The van der Waals surface area contributed by atoms with Crippen LogP contribution >= 0.6 is 0 Å². The second-order valence-corrected chi connectivity index (χ2v) is 9.76. The third-order valence-electron chi connectivity index (χ3n) is 5.53. The fourth-order valence-corrected chi connectivity index (χ4v) is 5.22. The lowest BCUT2D eigenvalue weighted by Gasteiger charge is -2.21. The molecule has 2 heterocycles. The second kappa shape index (κ2) is 10.1. The van der Waals surface area contributed by atoms with Gasteiger partial charge >= 0.3 is 0 Å². The van der Waals surface area contributed by atoms with E-state index in [1.165, 1.54) is 6.26 Å². The van der Waals surface area contributed by atoms with E-state index < -0.39 is 36.1 Å². The van der Waals surface area contributed by atoms with Crippen LogP contribution in [0.5, 0.6) is 0 Å². The SMILES string of the molecule is Cc1nn(-c2ccccc2)cc1CCN(Cc1ccco1)S(=O)(=O)c1ccc([N+](=O)[O-])cc1[N+](=O)[O-]. The van der Waals surface area contributed by atoms with Crippen molar-refractivity contribution in [1.29, 1.82) is 0 Å². The highest BCUT2D eigenvalue weighted by Gasteiger charge is 2.34. The maximum Gasteiger partial charge on any atom is 0.296 e. The number of hydrogen-bond acceptors (Lipinski definition) is 8. The van der Waals surface area contributed by atoms with Gasteiger partial charge in [-0.25, -0.2) is 13.1 Å². The molecule has 0 fully saturated rings. The lowest BCUT2D eigenvalue weighted by atomic mass is 10.2. The number of sulfonamides is 1. The van der Waals surface area contributed by atoms with Crippen molar-refractivity contribution in [2.75, 3.05) is 6.54 Å². The van der Waals surface area contributed by atoms with Crippen LogP contribution in [-0.2, 0) is 23.0 Å². The van der Waals surface area contributed by atoms with E-state index >= 15 is 0 Å². The van der Waals surface area contributed by atoms with Crippen LogP contribution < -0.4 is 0 Å². The Bertz CT molecular complexity index is 1500. The average molecular weight is 512 g/mol. The van der Waals surface area contributed by atoms with Gasteiger partial charge in [-0.1, -0.05) is 18.2 Å². The summed E-state index contributed by atoms with van der Waals surface area (Å²) >= 11 is 0. The van der Waals surface area contributed by atoms with E-state index in [9.17, 15) is 28.6 Å². The molecule has 4 aromatic rings. The van der Waals surface area contributed by atoms with Crippen molar-refractivity contribution in [2.24, 2.45) is 0 Å². The minimum atomic E-state index is -4.44. The summed E-state index contributed by atoms with van der Waals surface area (Å²) in [5.41, 5.74) is 0.879. The number of para-hydroxylation sites is 1. The number of aryl methyl sites for hydroxylation is 1. The first kappa shape index (κ1) is 24.8. The van der Waals surface area contributed by atoms with Crippen LogP contribution in [0.15, 0.2) is 82.4 Å². The van der Waals surface area contributed by atoms with Gasteiger partial charge in [-0.2, -0.15) is 9.40 Å². The molecule has 0 amide bonds. The van der Waals surface area contributed by atoms with Gasteiger partial charge in [-0.15, -0.1) is 0 Å².